The van der Waals surface area contributed by atoms with Crippen molar-refractivity contribution in [3.8, 4) is 17.6 Å². The lowest BCUT2D eigenvalue weighted by molar-refractivity contribution is -0.183. The van der Waals surface area contributed by atoms with Gasteiger partial charge in [0, 0.05) is 42.5 Å². The van der Waals surface area contributed by atoms with E-state index in [1.807, 2.05) is 71.6 Å². The van der Waals surface area contributed by atoms with Crippen LogP contribution in [0.25, 0.3) is 0 Å². The largest absolute Gasteiger partial charge is 0.497 e. The Labute approximate surface area is 223 Å². The van der Waals surface area contributed by atoms with Crippen LogP contribution in [-0.4, -0.2) is 61.3 Å². The van der Waals surface area contributed by atoms with Crippen molar-refractivity contribution in [3.63, 3.8) is 0 Å². The van der Waals surface area contributed by atoms with E-state index in [2.05, 4.69) is 34.2 Å². The van der Waals surface area contributed by atoms with Gasteiger partial charge in [0.05, 0.1) is 13.0 Å². The third kappa shape index (κ3) is 5.66. The van der Waals surface area contributed by atoms with Gasteiger partial charge in [0.15, 0.2) is 6.23 Å². The van der Waals surface area contributed by atoms with E-state index in [1.54, 1.807) is 7.11 Å². The van der Waals surface area contributed by atoms with Crippen molar-refractivity contribution in [1.29, 1.82) is 0 Å². The van der Waals surface area contributed by atoms with Gasteiger partial charge in [-0.05, 0) is 66.9 Å². The zero-order valence-corrected chi connectivity index (χ0v) is 21.4. The lowest BCUT2D eigenvalue weighted by Gasteiger charge is -2.55. The molecule has 5 rings (SSSR count). The molecular formula is C31H31N3O4. The summed E-state index contributed by atoms with van der Waals surface area (Å²) < 4.78 is 10.8. The van der Waals surface area contributed by atoms with E-state index < -0.39 is 0 Å². The molecule has 3 aromatic carbocycles. The maximum atomic E-state index is 13.2. The van der Waals surface area contributed by atoms with Gasteiger partial charge in [0.2, 0.25) is 0 Å². The van der Waals surface area contributed by atoms with Crippen LogP contribution >= 0.6 is 0 Å². The van der Waals surface area contributed by atoms with Crippen molar-refractivity contribution in [3.05, 3.63) is 95.6 Å². The fraction of sp³-hybridized carbons (Fsp3) is 0.290. The summed E-state index contributed by atoms with van der Waals surface area (Å²) in [5.41, 5.74) is 3.67. The van der Waals surface area contributed by atoms with Crippen LogP contribution < -0.4 is 10.1 Å². The number of urea groups is 1. The zero-order valence-electron chi connectivity index (χ0n) is 21.4. The van der Waals surface area contributed by atoms with Gasteiger partial charge in [-0.3, -0.25) is 9.69 Å². The molecule has 2 aliphatic rings. The summed E-state index contributed by atoms with van der Waals surface area (Å²) in [5, 5.41) is 3.01. The second kappa shape index (κ2) is 11.8. The Morgan fingerprint density at radius 3 is 2.29 bits per heavy atom. The van der Waals surface area contributed by atoms with Gasteiger partial charge in [-0.15, -0.1) is 0 Å². The number of hydrogen-bond donors (Lipinski definition) is 1. The van der Waals surface area contributed by atoms with E-state index in [1.165, 1.54) is 0 Å². The molecule has 2 saturated heterocycles. The van der Waals surface area contributed by atoms with Gasteiger partial charge in [0.25, 0.3) is 6.47 Å². The van der Waals surface area contributed by atoms with Crippen molar-refractivity contribution in [1.82, 2.24) is 9.80 Å². The molecule has 0 aromatic heterocycles. The van der Waals surface area contributed by atoms with Gasteiger partial charge < -0.3 is 19.7 Å². The molecule has 38 heavy (non-hydrogen) atoms. The summed E-state index contributed by atoms with van der Waals surface area (Å²) in [4.78, 5) is 28.6. The monoisotopic (exact) mass is 509 g/mol. The zero-order chi connectivity index (χ0) is 26.3. The highest BCUT2D eigenvalue weighted by Crippen LogP contribution is 2.42. The van der Waals surface area contributed by atoms with Gasteiger partial charge in [-0.2, -0.15) is 0 Å². The molecule has 2 amide bonds. The summed E-state index contributed by atoms with van der Waals surface area (Å²) in [5.74, 6) is 7.09. The van der Waals surface area contributed by atoms with Crippen LogP contribution in [0.3, 0.4) is 0 Å². The highest BCUT2D eigenvalue weighted by molar-refractivity contribution is 5.89. The van der Waals surface area contributed by atoms with Crippen LogP contribution in [0.5, 0.6) is 5.75 Å². The summed E-state index contributed by atoms with van der Waals surface area (Å²) in [6, 6.07) is 25.2. The number of ether oxygens (including phenoxy) is 2. The molecular weight excluding hydrogens is 478 g/mol. The first-order valence-corrected chi connectivity index (χ1v) is 12.9. The normalized spacial score (nSPS) is 20.9. The number of anilines is 1. The number of hydrogen-bond acceptors (Lipinski definition) is 5. The molecule has 0 bridgehead atoms. The summed E-state index contributed by atoms with van der Waals surface area (Å²) in [6.07, 6.45) is 1.46. The molecule has 3 atom stereocenters. The Balaban J connectivity index is 1.32. The number of fused-ring (bicyclic) bond motifs is 1. The highest BCUT2D eigenvalue weighted by atomic mass is 16.5. The minimum Gasteiger partial charge on any atom is -0.497 e. The van der Waals surface area contributed by atoms with Gasteiger partial charge in [-0.1, -0.05) is 42.2 Å². The second-order valence-corrected chi connectivity index (χ2v) is 9.50. The van der Waals surface area contributed by atoms with Gasteiger partial charge >= 0.3 is 6.03 Å². The smallest absolute Gasteiger partial charge is 0.321 e. The molecule has 2 heterocycles. The van der Waals surface area contributed by atoms with E-state index in [4.69, 9.17) is 9.47 Å². The predicted octanol–water partition coefficient (Wildman–Crippen LogP) is 4.69. The van der Waals surface area contributed by atoms with Crippen molar-refractivity contribution >= 4 is 18.2 Å². The first kappa shape index (κ1) is 25.4. The van der Waals surface area contributed by atoms with Crippen molar-refractivity contribution in [2.24, 2.45) is 0 Å². The van der Waals surface area contributed by atoms with E-state index in [0.717, 1.165) is 41.8 Å². The fourth-order valence-electron chi connectivity index (χ4n) is 5.24. The molecule has 3 aromatic rings. The SMILES string of the molecule is COc1ccc(NC(=O)N2CCCCN3[C@H](OC=O)[C@H](c4ccc(C#Cc5ccccc5)cc4)[C@@H]3C2)cc1. The number of nitrogens with zero attached hydrogens (tertiary/aromatic N) is 2. The lowest BCUT2D eigenvalue weighted by Crippen LogP contribution is -2.67. The molecule has 0 aliphatic carbocycles. The molecule has 7 heteroatoms. The van der Waals surface area contributed by atoms with E-state index >= 15 is 0 Å². The third-order valence-electron chi connectivity index (χ3n) is 7.22. The average molecular weight is 510 g/mol. The highest BCUT2D eigenvalue weighted by Gasteiger charge is 2.51. The quantitative estimate of drug-likeness (QED) is 0.399. The molecule has 2 aliphatic heterocycles. The number of rotatable bonds is 5. The maximum Gasteiger partial charge on any atom is 0.321 e. The Kier molecular flexibility index (Phi) is 7.91. The number of carbonyl (C=O) groups excluding carboxylic acids is 2. The van der Waals surface area contributed by atoms with Crippen LogP contribution in [0.15, 0.2) is 78.9 Å². The predicted molar refractivity (Wildman–Crippen MR) is 146 cm³/mol. The molecule has 2 fully saturated rings. The van der Waals surface area contributed by atoms with Crippen LogP contribution in [0, 0.1) is 11.8 Å². The van der Waals surface area contributed by atoms with E-state index in [-0.39, 0.29) is 24.2 Å². The molecule has 194 valence electrons. The number of amides is 2. The van der Waals surface area contributed by atoms with E-state index in [9.17, 15) is 9.59 Å². The van der Waals surface area contributed by atoms with Crippen LogP contribution in [0.2, 0.25) is 0 Å². The van der Waals surface area contributed by atoms with Gasteiger partial charge in [0.1, 0.15) is 5.75 Å². The van der Waals surface area contributed by atoms with Crippen LogP contribution in [0.1, 0.15) is 35.4 Å². The second-order valence-electron chi connectivity index (χ2n) is 9.50. The summed E-state index contributed by atoms with van der Waals surface area (Å²) >= 11 is 0. The average Bonchev–Trinajstić information content (AvgIpc) is 2.94. The molecule has 0 radical (unpaired) electrons. The molecule has 1 N–H and O–H groups in total. The number of benzene rings is 3. The fourth-order valence-corrected chi connectivity index (χ4v) is 5.24. The molecule has 0 unspecified atom stereocenters. The first-order valence-electron chi connectivity index (χ1n) is 12.9. The molecule has 0 saturated carbocycles. The number of methoxy groups -OCH3 is 1. The first-order chi connectivity index (χ1) is 18.7. The molecule has 0 spiro atoms. The minimum atomic E-state index is -0.344. The minimum absolute atomic E-state index is 0.0364. The maximum absolute atomic E-state index is 13.2. The Bertz CT molecular complexity index is 1300. The number of nitrogens with one attached hydrogen (secondary N) is 1. The summed E-state index contributed by atoms with van der Waals surface area (Å²) in [7, 11) is 1.61. The summed E-state index contributed by atoms with van der Waals surface area (Å²) in [6.45, 7) is 2.57. The van der Waals surface area contributed by atoms with Crippen molar-refractivity contribution in [2.45, 2.75) is 31.0 Å². The van der Waals surface area contributed by atoms with Crippen LogP contribution in [-0.2, 0) is 9.53 Å². The van der Waals surface area contributed by atoms with Gasteiger partial charge in [-0.25, -0.2) is 4.79 Å². The van der Waals surface area contributed by atoms with Crippen molar-refractivity contribution in [2.75, 3.05) is 32.1 Å². The Morgan fingerprint density at radius 2 is 1.61 bits per heavy atom. The van der Waals surface area contributed by atoms with E-state index in [0.29, 0.717) is 25.2 Å². The Hall–Kier alpha value is -4.28. The lowest BCUT2D eigenvalue weighted by atomic mass is 9.79. The Morgan fingerprint density at radius 1 is 0.921 bits per heavy atom. The topological polar surface area (TPSA) is 71.1 Å². The molecule has 7 nitrogen and oxygen atoms in total. The van der Waals surface area contributed by atoms with Crippen molar-refractivity contribution < 1.29 is 19.1 Å². The number of carbonyl (C=O) groups is 2. The van der Waals surface area contributed by atoms with Crippen LogP contribution in [0.4, 0.5) is 10.5 Å². The third-order valence-corrected chi connectivity index (χ3v) is 7.22. The standard InChI is InChI=1S/C31H31N3O4/c1-37-27-17-15-26(16-18-27)32-31(36)33-19-5-6-20-34-28(21-33)29(30(34)38-22-35)25-13-11-24(12-14-25)10-9-23-7-3-2-4-8-23/h2-4,7-8,11-18,22,28-30H,5-6,19-21H2,1H3,(H,32,36)/t28-,29+,30+/m0/s1.